The summed E-state index contributed by atoms with van der Waals surface area (Å²) < 4.78 is 10.4. The molecule has 82 heavy (non-hydrogen) atoms. The summed E-state index contributed by atoms with van der Waals surface area (Å²) in [5.74, 6) is 0. The van der Waals surface area contributed by atoms with E-state index in [1.54, 1.807) is 0 Å². The molecule has 4 heterocycles. The molecule has 3 aliphatic carbocycles. The fourth-order valence-corrected chi connectivity index (χ4v) is 15.9. The molecule has 0 spiro atoms. The third-order valence-electron chi connectivity index (χ3n) is 21.7. The van der Waals surface area contributed by atoms with Crippen LogP contribution in [0.3, 0.4) is 0 Å². The first kappa shape index (κ1) is 53.5. The van der Waals surface area contributed by atoms with Crippen molar-refractivity contribution in [1.29, 1.82) is 0 Å². The number of hydrogen-bond acceptors (Lipinski definition) is 3. The van der Waals surface area contributed by atoms with Crippen LogP contribution < -0.4 is 26.4 Å². The van der Waals surface area contributed by atoms with Crippen LogP contribution in [0.4, 0.5) is 34.1 Å². The molecule has 0 bridgehead atoms. The van der Waals surface area contributed by atoms with Gasteiger partial charge in [-0.05, 0) is 223 Å². The van der Waals surface area contributed by atoms with Crippen LogP contribution in [0.25, 0.3) is 38.5 Å². The van der Waals surface area contributed by atoms with E-state index < -0.39 is 0 Å². The van der Waals surface area contributed by atoms with Crippen LogP contribution in [0.2, 0.25) is 0 Å². The quantitative estimate of drug-likeness (QED) is 0.165. The largest absolute Gasteiger partial charge is 0.468 e. The van der Waals surface area contributed by atoms with E-state index in [0.717, 1.165) is 54.7 Å². The highest BCUT2D eigenvalue weighted by Crippen LogP contribution is 2.56. The fraction of sp³-hybridized carbons (Fsp3) is 0.429. The highest BCUT2D eigenvalue weighted by atomic mass is 16.3. The Morgan fingerprint density at radius 2 is 0.854 bits per heavy atom. The lowest BCUT2D eigenvalue weighted by atomic mass is 9.35. The Morgan fingerprint density at radius 3 is 1.38 bits per heavy atom. The maximum Gasteiger partial charge on any atom is 0.297 e. The molecule has 2 aliphatic heterocycles. The summed E-state index contributed by atoms with van der Waals surface area (Å²) in [6.07, 6.45) is 6.89. The van der Waals surface area contributed by atoms with Crippen LogP contribution in [0, 0.1) is 6.92 Å². The van der Waals surface area contributed by atoms with E-state index in [1.165, 1.54) is 123 Å². The monoisotopic (exact) mass is 1080 g/mol. The topological polar surface area (TPSA) is 24.6 Å². The predicted molar refractivity (Wildman–Crippen MR) is 353 cm³/mol. The Bertz CT molecular complexity index is 4140. The molecule has 0 unspecified atom stereocenters. The minimum absolute atomic E-state index is 0.00902. The summed E-state index contributed by atoms with van der Waals surface area (Å²) in [6.45, 7) is 45.8. The molecular weight excluding hydrogens is 994 g/mol. The van der Waals surface area contributed by atoms with Crippen LogP contribution in [-0.4, -0.2) is 11.3 Å². The zero-order chi connectivity index (χ0) is 58.1. The van der Waals surface area contributed by atoms with Crippen molar-refractivity contribution < 1.29 is 4.42 Å². The molecule has 0 saturated carbocycles. The second kappa shape index (κ2) is 16.9. The van der Waals surface area contributed by atoms with Gasteiger partial charge in [0.15, 0.2) is 0 Å². The average Bonchev–Trinajstić information content (AvgIpc) is 3.43. The van der Waals surface area contributed by atoms with Gasteiger partial charge in [-0.3, -0.25) is 0 Å². The maximum atomic E-state index is 7.83. The fourth-order valence-electron chi connectivity index (χ4n) is 15.9. The number of nitrogens with zero attached hydrogens (tertiary/aromatic N) is 3. The van der Waals surface area contributed by atoms with Gasteiger partial charge in [0, 0.05) is 44.6 Å². The first-order valence-electron chi connectivity index (χ1n) is 31.2. The first-order chi connectivity index (χ1) is 38.3. The molecule has 4 nitrogen and oxygen atoms in total. The van der Waals surface area contributed by atoms with Gasteiger partial charge in [0.1, 0.15) is 5.58 Å². The van der Waals surface area contributed by atoms with Crippen molar-refractivity contribution in [3.63, 3.8) is 0 Å². The van der Waals surface area contributed by atoms with Crippen molar-refractivity contribution in [2.45, 2.75) is 213 Å². The van der Waals surface area contributed by atoms with Crippen LogP contribution in [0.15, 0.2) is 120 Å². The Kier molecular flexibility index (Phi) is 11.0. The van der Waals surface area contributed by atoms with Crippen LogP contribution >= 0.6 is 0 Å². The van der Waals surface area contributed by atoms with Gasteiger partial charge in [0.2, 0.25) is 0 Å². The number of benzene rings is 7. The number of rotatable bonds is 3. The molecule has 0 fully saturated rings. The van der Waals surface area contributed by atoms with E-state index in [-0.39, 0.29) is 50.0 Å². The van der Waals surface area contributed by atoms with Crippen LogP contribution in [0.5, 0.6) is 0 Å². The first-order valence-corrected chi connectivity index (χ1v) is 31.2. The normalized spacial score (nSPS) is 19.6. The summed E-state index contributed by atoms with van der Waals surface area (Å²) in [4.78, 5) is 5.35. The molecule has 0 saturated heterocycles. The second-order valence-corrected chi connectivity index (χ2v) is 32.3. The van der Waals surface area contributed by atoms with E-state index in [2.05, 4.69) is 261 Å². The molecule has 0 amide bonds. The van der Waals surface area contributed by atoms with Crippen molar-refractivity contribution in [1.82, 2.24) is 4.57 Å². The molecule has 0 atom stereocenters. The lowest BCUT2D eigenvalue weighted by Crippen LogP contribution is -2.61. The molecular formula is C77H88BN3O. The highest BCUT2D eigenvalue weighted by molar-refractivity contribution is 7.00. The van der Waals surface area contributed by atoms with Gasteiger partial charge in [0.05, 0.1) is 28.1 Å². The molecule has 420 valence electrons. The predicted octanol–water partition coefficient (Wildman–Crippen LogP) is 19.6. The zero-order valence-corrected chi connectivity index (χ0v) is 53.0. The SMILES string of the molecule is Cc1ccc(N2c3cc(-n4c5ccc(C(C)(C)C)cc5c5cc(C(C)(C)C)ccc54)cc4c3B(c3cc5c(cc3N4c3ccc4c(c3)C(C)(C)CCC4(C)C)C(C)(C)CCC5(C)C)c3oc4cc5c(cc4c32)C(C)(C)CCC5(C)C)cc1. The number of aromatic nitrogens is 1. The summed E-state index contributed by atoms with van der Waals surface area (Å²) in [7, 11) is 0. The number of aryl methyl sites for hydroxylation is 1. The summed E-state index contributed by atoms with van der Waals surface area (Å²) in [5.41, 5.74) is 28.2. The zero-order valence-electron chi connectivity index (χ0n) is 53.0. The lowest BCUT2D eigenvalue weighted by Gasteiger charge is -2.47. The molecule has 14 rings (SSSR count). The van der Waals surface area contributed by atoms with E-state index >= 15 is 0 Å². The number of anilines is 6. The summed E-state index contributed by atoms with van der Waals surface area (Å²) in [6, 6.07) is 47.0. The minimum atomic E-state index is -0.187. The van der Waals surface area contributed by atoms with E-state index in [9.17, 15) is 0 Å². The van der Waals surface area contributed by atoms with Crippen LogP contribution in [-0.2, 0) is 43.3 Å². The number of hydrogen-bond donors (Lipinski definition) is 0. The van der Waals surface area contributed by atoms with E-state index in [1.807, 2.05) is 0 Å². The molecule has 9 aromatic rings. The van der Waals surface area contributed by atoms with Gasteiger partial charge < -0.3 is 18.8 Å². The van der Waals surface area contributed by atoms with Gasteiger partial charge in [-0.2, -0.15) is 0 Å². The van der Waals surface area contributed by atoms with Crippen molar-refractivity contribution >= 4 is 90.2 Å². The number of fused-ring (bicyclic) bond motifs is 12. The Labute approximate surface area is 490 Å². The molecule has 7 aromatic carbocycles. The average molecular weight is 1080 g/mol. The van der Waals surface area contributed by atoms with Gasteiger partial charge in [-0.25, -0.2) is 0 Å². The van der Waals surface area contributed by atoms with E-state index in [4.69, 9.17) is 4.42 Å². The smallest absolute Gasteiger partial charge is 0.297 e. The molecule has 5 heteroatoms. The molecule has 0 radical (unpaired) electrons. The molecule has 0 N–H and O–H groups in total. The molecule has 5 aliphatic rings. The van der Waals surface area contributed by atoms with Crippen molar-refractivity contribution in [3.05, 3.63) is 165 Å². The standard InChI is InChI=1S/C77H88BN3O/c1-45-20-24-48(25-21-45)81-65-40-50(80-61-28-22-46(70(2,3)4)36-51(61)52-37-47(71(5,6)7)23-29-62(52)80)39-64-67(65)78(69-68(81)53-41-56-59(44-66(53)82-69)77(18,19)35-32-74(56,12)13)60-42-57-58(76(16,17)34-33-75(57,14)15)43-63(60)79(64)49-26-27-54-55(38-49)73(10,11)31-30-72(54,8)9/h20-29,36-44H,30-35H2,1-19H3. The van der Waals surface area contributed by atoms with Gasteiger partial charge in [0.25, 0.3) is 6.71 Å². The van der Waals surface area contributed by atoms with Crippen molar-refractivity contribution in [2.75, 3.05) is 9.80 Å². The van der Waals surface area contributed by atoms with E-state index in [0.29, 0.717) is 0 Å². The van der Waals surface area contributed by atoms with Gasteiger partial charge in [-0.1, -0.05) is 167 Å². The minimum Gasteiger partial charge on any atom is -0.468 e. The highest BCUT2D eigenvalue weighted by Gasteiger charge is 2.51. The third-order valence-corrected chi connectivity index (χ3v) is 21.7. The summed E-state index contributed by atoms with van der Waals surface area (Å²) in [5, 5.41) is 3.79. The number of furan rings is 1. The van der Waals surface area contributed by atoms with Crippen LogP contribution in [0.1, 0.15) is 213 Å². The van der Waals surface area contributed by atoms with Crippen molar-refractivity contribution in [3.8, 4) is 5.69 Å². The van der Waals surface area contributed by atoms with Gasteiger partial charge in [-0.15, -0.1) is 0 Å². The molecule has 2 aromatic heterocycles. The maximum absolute atomic E-state index is 7.83. The second-order valence-electron chi connectivity index (χ2n) is 32.3. The third kappa shape index (κ3) is 7.75. The van der Waals surface area contributed by atoms with Crippen molar-refractivity contribution in [2.24, 2.45) is 0 Å². The Morgan fingerprint density at radius 1 is 0.402 bits per heavy atom. The van der Waals surface area contributed by atoms with Gasteiger partial charge >= 0.3 is 0 Å². The Hall–Kier alpha value is -6.46. The Balaban J connectivity index is 1.17. The summed E-state index contributed by atoms with van der Waals surface area (Å²) >= 11 is 0. The lowest BCUT2D eigenvalue weighted by molar-refractivity contribution is 0.332.